The van der Waals surface area contributed by atoms with E-state index in [0.717, 1.165) is 33.8 Å². The zero-order chi connectivity index (χ0) is 12.5. The Bertz CT molecular complexity index is 466. The Morgan fingerprint density at radius 1 is 1.59 bits per heavy atom. The summed E-state index contributed by atoms with van der Waals surface area (Å²) in [4.78, 5) is 16.1. The lowest BCUT2D eigenvalue weighted by Gasteiger charge is -2.42. The Morgan fingerprint density at radius 3 is 2.71 bits per heavy atom. The molecule has 0 aromatic carbocycles. The zero-order valence-corrected chi connectivity index (χ0v) is 11.9. The minimum atomic E-state index is 0.0861. The summed E-state index contributed by atoms with van der Waals surface area (Å²) in [5.41, 5.74) is 1.11. The van der Waals surface area contributed by atoms with Crippen molar-refractivity contribution in [3.05, 3.63) is 14.5 Å². The van der Waals surface area contributed by atoms with Gasteiger partial charge in [0.15, 0.2) is 3.95 Å². The second-order valence-corrected chi connectivity index (χ2v) is 6.55. The molecule has 1 aliphatic carbocycles. The highest BCUT2D eigenvalue weighted by Gasteiger charge is 2.36. The van der Waals surface area contributed by atoms with Crippen molar-refractivity contribution in [2.75, 3.05) is 0 Å². The van der Waals surface area contributed by atoms with Gasteiger partial charge in [0.25, 0.3) is 0 Å². The fourth-order valence-electron chi connectivity index (χ4n) is 2.26. The van der Waals surface area contributed by atoms with Crippen molar-refractivity contribution in [2.45, 2.75) is 51.5 Å². The lowest BCUT2D eigenvalue weighted by Crippen LogP contribution is -2.53. The number of thiazole rings is 1. The molecule has 1 heterocycles. The molecule has 5 heteroatoms. The number of amides is 1. The van der Waals surface area contributed by atoms with Crippen LogP contribution >= 0.6 is 23.6 Å². The molecule has 1 amide bonds. The van der Waals surface area contributed by atoms with Gasteiger partial charge < -0.3 is 10.3 Å². The van der Waals surface area contributed by atoms with Gasteiger partial charge in [-0.1, -0.05) is 6.92 Å². The van der Waals surface area contributed by atoms with Crippen LogP contribution in [0.4, 0.5) is 0 Å². The first kappa shape index (κ1) is 12.8. The molecular formula is C12H18N2OS2. The Kier molecular flexibility index (Phi) is 3.68. The summed E-state index contributed by atoms with van der Waals surface area (Å²) >= 11 is 6.57. The van der Waals surface area contributed by atoms with E-state index in [2.05, 4.69) is 17.2 Å². The average Bonchev–Trinajstić information content (AvgIpc) is 2.51. The Labute approximate surface area is 111 Å². The molecule has 3 nitrogen and oxygen atoms in total. The summed E-state index contributed by atoms with van der Waals surface area (Å²) < 4.78 is 0.749. The van der Waals surface area contributed by atoms with Gasteiger partial charge in [0.1, 0.15) is 0 Å². The van der Waals surface area contributed by atoms with E-state index in [1.165, 1.54) is 17.8 Å². The van der Waals surface area contributed by atoms with Crippen molar-refractivity contribution in [1.82, 2.24) is 10.3 Å². The van der Waals surface area contributed by atoms with Crippen LogP contribution in [0.15, 0.2) is 0 Å². The van der Waals surface area contributed by atoms with Crippen LogP contribution in [-0.4, -0.2) is 16.4 Å². The second-order valence-electron chi connectivity index (χ2n) is 4.78. The molecule has 1 aliphatic rings. The Morgan fingerprint density at radius 2 is 2.29 bits per heavy atom. The first-order chi connectivity index (χ1) is 8.04. The molecule has 2 N–H and O–H groups in total. The molecule has 1 aromatic rings. The van der Waals surface area contributed by atoms with Crippen LogP contribution in [0, 0.1) is 10.9 Å². The molecule has 1 saturated carbocycles. The number of aryl methyl sites for hydroxylation is 1. The van der Waals surface area contributed by atoms with Crippen LogP contribution in [0.1, 0.15) is 43.2 Å². The summed E-state index contributed by atoms with van der Waals surface area (Å²) in [6, 6.07) is 0. The minimum Gasteiger partial charge on any atom is -0.350 e. The van der Waals surface area contributed by atoms with Gasteiger partial charge in [-0.25, -0.2) is 0 Å². The zero-order valence-electron chi connectivity index (χ0n) is 10.3. The molecule has 0 atom stereocenters. The topological polar surface area (TPSA) is 44.9 Å². The predicted molar refractivity (Wildman–Crippen MR) is 73.0 cm³/mol. The van der Waals surface area contributed by atoms with Crippen LogP contribution in [0.3, 0.4) is 0 Å². The van der Waals surface area contributed by atoms with E-state index in [1.54, 1.807) is 0 Å². The van der Waals surface area contributed by atoms with Gasteiger partial charge in [-0.05, 0) is 44.8 Å². The van der Waals surface area contributed by atoms with Gasteiger partial charge in [-0.2, -0.15) is 0 Å². The van der Waals surface area contributed by atoms with Gasteiger partial charge in [-0.3, -0.25) is 4.79 Å². The van der Waals surface area contributed by atoms with Crippen molar-refractivity contribution in [1.29, 1.82) is 0 Å². The number of aromatic amines is 1. The molecule has 0 bridgehead atoms. The van der Waals surface area contributed by atoms with Crippen LogP contribution in [-0.2, 0) is 11.2 Å². The molecule has 1 fully saturated rings. The third kappa shape index (κ3) is 2.77. The Balaban J connectivity index is 1.98. The van der Waals surface area contributed by atoms with Crippen molar-refractivity contribution >= 4 is 29.5 Å². The van der Waals surface area contributed by atoms with Crippen molar-refractivity contribution in [2.24, 2.45) is 0 Å². The molecule has 1 aromatic heterocycles. The predicted octanol–water partition coefficient (Wildman–Crippen LogP) is 3.11. The largest absolute Gasteiger partial charge is 0.350 e. The highest BCUT2D eigenvalue weighted by Crippen LogP contribution is 2.34. The van der Waals surface area contributed by atoms with Gasteiger partial charge in [0.2, 0.25) is 5.91 Å². The van der Waals surface area contributed by atoms with Crippen LogP contribution in [0.5, 0.6) is 0 Å². The molecule has 0 saturated heterocycles. The number of H-pyrrole nitrogens is 1. The standard InChI is InChI=1S/C12H18N2OS2/c1-3-12(5-4-6-12)14-10(15)7-9-8(2)13-11(16)17-9/h3-7H2,1-2H3,(H,13,16)(H,14,15). The fourth-order valence-corrected chi connectivity index (χ4v) is 3.55. The maximum absolute atomic E-state index is 12.0. The van der Waals surface area contributed by atoms with Crippen molar-refractivity contribution in [3.8, 4) is 0 Å². The monoisotopic (exact) mass is 270 g/mol. The first-order valence-corrected chi connectivity index (χ1v) is 7.27. The van der Waals surface area contributed by atoms with Gasteiger partial charge in [-0.15, -0.1) is 11.3 Å². The number of hydrogen-bond donors (Lipinski definition) is 2. The van der Waals surface area contributed by atoms with Crippen LogP contribution in [0.25, 0.3) is 0 Å². The lowest BCUT2D eigenvalue weighted by molar-refractivity contribution is -0.123. The van der Waals surface area contributed by atoms with E-state index >= 15 is 0 Å². The number of hydrogen-bond acceptors (Lipinski definition) is 3. The number of rotatable bonds is 4. The fraction of sp³-hybridized carbons (Fsp3) is 0.667. The van der Waals surface area contributed by atoms with E-state index in [-0.39, 0.29) is 11.4 Å². The maximum Gasteiger partial charge on any atom is 0.225 e. The summed E-state index contributed by atoms with van der Waals surface area (Å²) in [6.45, 7) is 4.11. The van der Waals surface area contributed by atoms with Gasteiger partial charge in [0, 0.05) is 16.1 Å². The smallest absolute Gasteiger partial charge is 0.225 e. The maximum atomic E-state index is 12.0. The van der Waals surface area contributed by atoms with Crippen LogP contribution < -0.4 is 5.32 Å². The highest BCUT2D eigenvalue weighted by molar-refractivity contribution is 7.73. The van der Waals surface area contributed by atoms with E-state index in [1.807, 2.05) is 6.92 Å². The number of carbonyl (C=O) groups excluding carboxylic acids is 1. The molecule has 94 valence electrons. The molecule has 17 heavy (non-hydrogen) atoms. The number of aromatic nitrogens is 1. The normalized spacial score (nSPS) is 17.5. The Hall–Kier alpha value is -0.680. The van der Waals surface area contributed by atoms with Crippen LogP contribution in [0.2, 0.25) is 0 Å². The SMILES string of the molecule is CCC1(NC(=O)Cc2sc(=S)[nH]c2C)CCC1. The highest BCUT2D eigenvalue weighted by atomic mass is 32.1. The van der Waals surface area contributed by atoms with Gasteiger partial charge in [0.05, 0.1) is 6.42 Å². The quantitative estimate of drug-likeness (QED) is 0.826. The third-order valence-electron chi connectivity index (χ3n) is 3.64. The number of nitrogens with one attached hydrogen (secondary N) is 2. The summed E-state index contributed by atoms with van der Waals surface area (Å²) in [5.74, 6) is 0.125. The third-order valence-corrected chi connectivity index (χ3v) is 4.97. The van der Waals surface area contributed by atoms with E-state index in [4.69, 9.17) is 12.2 Å². The minimum absolute atomic E-state index is 0.0861. The van der Waals surface area contributed by atoms with E-state index in [0.29, 0.717) is 6.42 Å². The number of carbonyl (C=O) groups is 1. The van der Waals surface area contributed by atoms with Crippen molar-refractivity contribution < 1.29 is 4.79 Å². The molecule has 0 aliphatic heterocycles. The van der Waals surface area contributed by atoms with E-state index in [9.17, 15) is 4.79 Å². The molecular weight excluding hydrogens is 252 g/mol. The lowest BCUT2D eigenvalue weighted by atomic mass is 9.75. The summed E-state index contributed by atoms with van der Waals surface area (Å²) in [6.07, 6.45) is 4.95. The summed E-state index contributed by atoms with van der Waals surface area (Å²) in [7, 11) is 0. The molecule has 0 unspecified atom stereocenters. The average molecular weight is 270 g/mol. The first-order valence-electron chi connectivity index (χ1n) is 6.04. The van der Waals surface area contributed by atoms with E-state index < -0.39 is 0 Å². The molecule has 2 rings (SSSR count). The molecule has 0 radical (unpaired) electrons. The van der Waals surface area contributed by atoms with Crippen molar-refractivity contribution in [3.63, 3.8) is 0 Å². The summed E-state index contributed by atoms with van der Waals surface area (Å²) in [5, 5.41) is 3.18. The molecule has 0 spiro atoms. The van der Waals surface area contributed by atoms with Gasteiger partial charge >= 0.3 is 0 Å². The second kappa shape index (κ2) is 4.90.